The third kappa shape index (κ3) is 5.46. The van der Waals surface area contributed by atoms with Gasteiger partial charge in [0, 0.05) is 26.2 Å². The predicted octanol–water partition coefficient (Wildman–Crippen LogP) is 2.34. The van der Waals surface area contributed by atoms with Gasteiger partial charge in [0.25, 0.3) is 0 Å². The van der Waals surface area contributed by atoms with E-state index < -0.39 is 0 Å². The molecule has 1 saturated heterocycles. The highest BCUT2D eigenvalue weighted by Gasteiger charge is 2.14. The molecule has 1 fully saturated rings. The van der Waals surface area contributed by atoms with Gasteiger partial charge in [0.2, 0.25) is 5.91 Å². The van der Waals surface area contributed by atoms with Gasteiger partial charge in [0.1, 0.15) is 0 Å². The topological polar surface area (TPSA) is 44.4 Å². The predicted molar refractivity (Wildman–Crippen MR) is 88.6 cm³/mol. The SMILES string of the molecule is Cc1cccc(Cl)c1NC(=O)CN1CCNCC1.Cl.Cl. The third-order valence-corrected chi connectivity index (χ3v) is 3.38. The highest BCUT2D eigenvalue weighted by molar-refractivity contribution is 6.33. The lowest BCUT2D eigenvalue weighted by Gasteiger charge is -2.26. The number of nitrogens with zero attached hydrogens (tertiary/aromatic N) is 1. The summed E-state index contributed by atoms with van der Waals surface area (Å²) < 4.78 is 0. The van der Waals surface area contributed by atoms with Crippen molar-refractivity contribution in [1.29, 1.82) is 0 Å². The second kappa shape index (κ2) is 9.42. The van der Waals surface area contributed by atoms with Crippen LogP contribution < -0.4 is 10.6 Å². The third-order valence-electron chi connectivity index (χ3n) is 3.06. The van der Waals surface area contributed by atoms with Crippen molar-refractivity contribution in [2.45, 2.75) is 6.92 Å². The summed E-state index contributed by atoms with van der Waals surface area (Å²) in [7, 11) is 0. The fourth-order valence-corrected chi connectivity index (χ4v) is 2.31. The molecule has 0 aromatic heterocycles. The van der Waals surface area contributed by atoms with Gasteiger partial charge in [0.15, 0.2) is 0 Å². The Hall–Kier alpha value is -0.520. The van der Waals surface area contributed by atoms with Crippen molar-refractivity contribution >= 4 is 48.0 Å². The molecule has 0 radical (unpaired) electrons. The Balaban J connectivity index is 0.00000180. The molecule has 0 bridgehead atoms. The van der Waals surface area contributed by atoms with E-state index in [4.69, 9.17) is 11.6 Å². The minimum atomic E-state index is -0.00639. The number of rotatable bonds is 3. The van der Waals surface area contributed by atoms with Crippen LogP contribution in [-0.2, 0) is 4.79 Å². The van der Waals surface area contributed by atoms with E-state index in [0.717, 1.165) is 37.4 Å². The minimum Gasteiger partial charge on any atom is -0.323 e. The van der Waals surface area contributed by atoms with Crippen LogP contribution in [0.25, 0.3) is 0 Å². The highest BCUT2D eigenvalue weighted by Crippen LogP contribution is 2.25. The normalized spacial score (nSPS) is 14.9. The highest BCUT2D eigenvalue weighted by atomic mass is 35.5. The zero-order valence-corrected chi connectivity index (χ0v) is 13.7. The molecule has 0 spiro atoms. The standard InChI is InChI=1S/C13H18ClN3O.2ClH/c1-10-3-2-4-11(14)13(10)16-12(18)9-17-7-5-15-6-8-17;;/h2-4,15H,5-9H2,1H3,(H,16,18);2*1H. The summed E-state index contributed by atoms with van der Waals surface area (Å²) in [6, 6.07) is 5.60. The number of carbonyl (C=O) groups is 1. The van der Waals surface area contributed by atoms with E-state index in [1.54, 1.807) is 6.07 Å². The van der Waals surface area contributed by atoms with Gasteiger partial charge in [-0.05, 0) is 18.6 Å². The van der Waals surface area contributed by atoms with Crippen molar-refractivity contribution in [3.8, 4) is 0 Å². The number of halogens is 3. The van der Waals surface area contributed by atoms with Gasteiger partial charge in [-0.15, -0.1) is 24.8 Å². The molecule has 20 heavy (non-hydrogen) atoms. The zero-order valence-electron chi connectivity index (χ0n) is 11.3. The second-order valence-electron chi connectivity index (χ2n) is 4.51. The van der Waals surface area contributed by atoms with Gasteiger partial charge in [-0.1, -0.05) is 23.7 Å². The molecule has 1 amide bonds. The maximum atomic E-state index is 12.0. The van der Waals surface area contributed by atoms with Gasteiger partial charge in [-0.25, -0.2) is 0 Å². The molecule has 1 aromatic rings. The van der Waals surface area contributed by atoms with E-state index in [1.165, 1.54) is 0 Å². The Morgan fingerprint density at radius 1 is 1.35 bits per heavy atom. The van der Waals surface area contributed by atoms with Crippen molar-refractivity contribution in [2.75, 3.05) is 38.0 Å². The van der Waals surface area contributed by atoms with E-state index in [1.807, 2.05) is 19.1 Å². The maximum Gasteiger partial charge on any atom is 0.238 e. The Morgan fingerprint density at radius 2 is 2.00 bits per heavy atom. The lowest BCUT2D eigenvalue weighted by atomic mass is 10.2. The largest absolute Gasteiger partial charge is 0.323 e. The zero-order chi connectivity index (χ0) is 13.0. The summed E-state index contributed by atoms with van der Waals surface area (Å²) in [4.78, 5) is 14.1. The average molecular weight is 341 g/mol. The van der Waals surface area contributed by atoms with Crippen LogP contribution in [0.1, 0.15) is 5.56 Å². The van der Waals surface area contributed by atoms with Gasteiger partial charge in [-0.2, -0.15) is 0 Å². The number of nitrogens with one attached hydrogen (secondary N) is 2. The Bertz CT molecular complexity index is 417. The second-order valence-corrected chi connectivity index (χ2v) is 4.91. The summed E-state index contributed by atoms with van der Waals surface area (Å²) in [5.41, 5.74) is 1.70. The van der Waals surface area contributed by atoms with E-state index in [9.17, 15) is 4.79 Å². The molecule has 4 nitrogen and oxygen atoms in total. The summed E-state index contributed by atoms with van der Waals surface area (Å²) in [6.45, 7) is 6.07. The van der Waals surface area contributed by atoms with Gasteiger partial charge in [0.05, 0.1) is 17.3 Å². The Labute approximate surface area is 137 Å². The van der Waals surface area contributed by atoms with Crippen molar-refractivity contribution < 1.29 is 4.79 Å². The number of piperazine rings is 1. The van der Waals surface area contributed by atoms with Crippen molar-refractivity contribution in [3.05, 3.63) is 28.8 Å². The van der Waals surface area contributed by atoms with Crippen LogP contribution in [0.15, 0.2) is 18.2 Å². The number of carbonyl (C=O) groups excluding carboxylic acids is 1. The van der Waals surface area contributed by atoms with Gasteiger partial charge < -0.3 is 10.6 Å². The van der Waals surface area contributed by atoms with Crippen LogP contribution >= 0.6 is 36.4 Å². The number of aryl methyl sites for hydroxylation is 1. The molecule has 2 rings (SSSR count). The first-order valence-electron chi connectivity index (χ1n) is 6.15. The number of amides is 1. The molecule has 1 aliphatic rings. The fourth-order valence-electron chi connectivity index (χ4n) is 2.04. The number of hydrogen-bond donors (Lipinski definition) is 2. The summed E-state index contributed by atoms with van der Waals surface area (Å²) in [5, 5.41) is 6.74. The van der Waals surface area contributed by atoms with Crippen LogP contribution in [0.4, 0.5) is 5.69 Å². The monoisotopic (exact) mass is 339 g/mol. The Kier molecular flexibility index (Phi) is 9.18. The Morgan fingerprint density at radius 3 is 2.60 bits per heavy atom. The summed E-state index contributed by atoms with van der Waals surface area (Å²) in [6.07, 6.45) is 0. The number of para-hydroxylation sites is 1. The number of anilines is 1. The smallest absolute Gasteiger partial charge is 0.238 e. The first kappa shape index (κ1) is 19.5. The molecular weight excluding hydrogens is 321 g/mol. The first-order valence-corrected chi connectivity index (χ1v) is 6.52. The maximum absolute atomic E-state index is 12.0. The van der Waals surface area contributed by atoms with E-state index in [-0.39, 0.29) is 30.7 Å². The first-order chi connectivity index (χ1) is 8.66. The van der Waals surface area contributed by atoms with E-state index >= 15 is 0 Å². The molecule has 1 aromatic carbocycles. The molecule has 114 valence electrons. The molecule has 0 saturated carbocycles. The lowest BCUT2D eigenvalue weighted by molar-refractivity contribution is -0.117. The molecule has 2 N–H and O–H groups in total. The quantitative estimate of drug-likeness (QED) is 0.887. The summed E-state index contributed by atoms with van der Waals surface area (Å²) in [5.74, 6) is -0.00639. The van der Waals surface area contributed by atoms with Crippen molar-refractivity contribution in [3.63, 3.8) is 0 Å². The molecule has 1 aliphatic heterocycles. The van der Waals surface area contributed by atoms with Gasteiger partial charge in [-0.3, -0.25) is 9.69 Å². The van der Waals surface area contributed by atoms with E-state index in [2.05, 4.69) is 15.5 Å². The number of benzene rings is 1. The van der Waals surface area contributed by atoms with Crippen LogP contribution in [0.2, 0.25) is 5.02 Å². The molecule has 0 unspecified atom stereocenters. The fraction of sp³-hybridized carbons (Fsp3) is 0.462. The molecule has 7 heteroatoms. The molecule has 0 atom stereocenters. The summed E-state index contributed by atoms with van der Waals surface area (Å²) >= 11 is 6.08. The van der Waals surface area contributed by atoms with Crippen molar-refractivity contribution in [1.82, 2.24) is 10.2 Å². The van der Waals surface area contributed by atoms with Crippen LogP contribution in [0, 0.1) is 6.92 Å². The molecule has 1 heterocycles. The van der Waals surface area contributed by atoms with Crippen LogP contribution in [0.5, 0.6) is 0 Å². The minimum absolute atomic E-state index is 0. The lowest BCUT2D eigenvalue weighted by Crippen LogP contribution is -2.46. The molecular formula is C13H20Cl3N3O. The average Bonchev–Trinajstić information content (AvgIpc) is 2.35. The molecule has 0 aliphatic carbocycles. The van der Waals surface area contributed by atoms with Gasteiger partial charge >= 0.3 is 0 Å². The van der Waals surface area contributed by atoms with Crippen LogP contribution in [0.3, 0.4) is 0 Å². The van der Waals surface area contributed by atoms with Crippen molar-refractivity contribution in [2.24, 2.45) is 0 Å². The number of hydrogen-bond acceptors (Lipinski definition) is 3. The van der Waals surface area contributed by atoms with Crippen LogP contribution in [-0.4, -0.2) is 43.5 Å². The van der Waals surface area contributed by atoms with E-state index in [0.29, 0.717) is 11.6 Å².